The molecule has 6 rings (SSSR count). The molecule has 1 saturated heterocycles. The number of ketones is 1. The van der Waals surface area contributed by atoms with Crippen LogP contribution in [0.15, 0.2) is 65.2 Å². The van der Waals surface area contributed by atoms with Crippen LogP contribution in [0.1, 0.15) is 29.8 Å². The third-order valence-corrected chi connectivity index (χ3v) is 6.19. The fraction of sp³-hybridized carbons (Fsp3) is 0.231. The topological polar surface area (TPSA) is 67.6 Å². The second-order valence-corrected chi connectivity index (χ2v) is 8.58. The summed E-state index contributed by atoms with van der Waals surface area (Å²) in [5, 5.41) is 8.72. The largest absolute Gasteiger partial charge is 0.372 e. The first-order valence-electron chi connectivity index (χ1n) is 10.9. The highest BCUT2D eigenvalue weighted by Gasteiger charge is 2.34. The number of carbonyl (C=O) groups excluding carboxylic acids is 1. The summed E-state index contributed by atoms with van der Waals surface area (Å²) < 4.78 is 11.8. The van der Waals surface area contributed by atoms with Crippen molar-refractivity contribution in [1.29, 1.82) is 0 Å². The van der Waals surface area contributed by atoms with Crippen molar-refractivity contribution in [2.24, 2.45) is 0 Å². The molecule has 0 bridgehead atoms. The van der Waals surface area contributed by atoms with Crippen molar-refractivity contribution >= 4 is 33.7 Å². The van der Waals surface area contributed by atoms with Crippen molar-refractivity contribution in [2.45, 2.75) is 26.1 Å². The second-order valence-electron chi connectivity index (χ2n) is 8.58. The number of fused-ring (bicyclic) bond motifs is 2. The first-order valence-corrected chi connectivity index (χ1v) is 10.9. The predicted molar refractivity (Wildman–Crippen MR) is 125 cm³/mol. The lowest BCUT2D eigenvalue weighted by Gasteiger charge is -2.37. The van der Waals surface area contributed by atoms with E-state index in [0.717, 1.165) is 46.6 Å². The number of carbonyl (C=O) groups is 1. The Kier molecular flexibility index (Phi) is 4.30. The average Bonchev–Trinajstić information content (AvgIpc) is 3.23. The van der Waals surface area contributed by atoms with Gasteiger partial charge in [0.1, 0.15) is 5.52 Å². The second kappa shape index (κ2) is 7.21. The van der Waals surface area contributed by atoms with Crippen LogP contribution in [-0.2, 0) is 4.74 Å². The normalized spacial score (nSPS) is 19.8. The molecule has 0 radical (unpaired) electrons. The Bertz CT molecular complexity index is 1340. The summed E-state index contributed by atoms with van der Waals surface area (Å²) >= 11 is 0. The fourth-order valence-electron chi connectivity index (χ4n) is 4.93. The van der Waals surface area contributed by atoms with E-state index in [1.165, 1.54) is 0 Å². The van der Waals surface area contributed by atoms with Crippen LogP contribution < -0.4 is 10.2 Å². The van der Waals surface area contributed by atoms with Crippen LogP contribution in [0.5, 0.6) is 0 Å². The fourth-order valence-corrected chi connectivity index (χ4v) is 4.93. The van der Waals surface area contributed by atoms with E-state index in [0.29, 0.717) is 16.9 Å². The summed E-state index contributed by atoms with van der Waals surface area (Å²) in [6.07, 6.45) is 0.196. The van der Waals surface area contributed by atoms with Crippen molar-refractivity contribution in [3.63, 3.8) is 0 Å². The maximum absolute atomic E-state index is 13.7. The van der Waals surface area contributed by atoms with Crippen LogP contribution in [0.2, 0.25) is 0 Å². The zero-order chi connectivity index (χ0) is 21.8. The van der Waals surface area contributed by atoms with Gasteiger partial charge in [0.05, 0.1) is 34.5 Å². The van der Waals surface area contributed by atoms with Gasteiger partial charge in [0, 0.05) is 29.9 Å². The van der Waals surface area contributed by atoms with Gasteiger partial charge in [0.2, 0.25) is 0 Å². The van der Waals surface area contributed by atoms with E-state index in [-0.39, 0.29) is 18.0 Å². The number of morpholine rings is 1. The van der Waals surface area contributed by atoms with E-state index in [1.807, 2.05) is 60.7 Å². The molecular formula is C26H23N3O3. The molecule has 32 heavy (non-hydrogen) atoms. The Balaban J connectivity index is 1.61. The Hall–Kier alpha value is -3.64. The van der Waals surface area contributed by atoms with Gasteiger partial charge in [-0.3, -0.25) is 4.79 Å². The Labute approximate surface area is 185 Å². The summed E-state index contributed by atoms with van der Waals surface area (Å²) in [6, 6.07) is 19.5. The van der Waals surface area contributed by atoms with Crippen molar-refractivity contribution < 1.29 is 14.1 Å². The number of nitrogens with zero attached hydrogens (tertiary/aromatic N) is 2. The summed E-state index contributed by atoms with van der Waals surface area (Å²) in [6.45, 7) is 5.65. The van der Waals surface area contributed by atoms with E-state index in [1.54, 1.807) is 0 Å². The predicted octanol–water partition coefficient (Wildman–Crippen LogP) is 5.40. The molecule has 6 nitrogen and oxygen atoms in total. The molecule has 0 spiro atoms. The molecular weight excluding hydrogens is 402 g/mol. The molecule has 1 N–H and O–H groups in total. The van der Waals surface area contributed by atoms with Gasteiger partial charge in [0.25, 0.3) is 0 Å². The summed E-state index contributed by atoms with van der Waals surface area (Å²) in [5.41, 5.74) is 5.38. The smallest absolute Gasteiger partial charge is 0.196 e. The minimum atomic E-state index is -0.0185. The molecule has 4 aromatic rings. The van der Waals surface area contributed by atoms with Crippen LogP contribution >= 0.6 is 0 Å². The number of aromatic nitrogens is 1. The average molecular weight is 425 g/mol. The van der Waals surface area contributed by atoms with Crippen molar-refractivity contribution in [1.82, 2.24) is 5.16 Å². The van der Waals surface area contributed by atoms with Gasteiger partial charge in [-0.05, 0) is 32.0 Å². The van der Waals surface area contributed by atoms with Crippen LogP contribution in [-0.4, -0.2) is 36.2 Å². The molecule has 1 aromatic heterocycles. The maximum atomic E-state index is 13.7. The van der Waals surface area contributed by atoms with Crippen molar-refractivity contribution in [3.8, 4) is 11.3 Å². The highest BCUT2D eigenvalue weighted by atomic mass is 16.5. The lowest BCUT2D eigenvalue weighted by atomic mass is 9.86. The third kappa shape index (κ3) is 2.91. The van der Waals surface area contributed by atoms with Gasteiger partial charge in [0.15, 0.2) is 11.5 Å². The first-order chi connectivity index (χ1) is 15.6. The quantitative estimate of drug-likeness (QED) is 0.418. The molecule has 1 fully saturated rings. The first kappa shape index (κ1) is 19.1. The Morgan fingerprint density at radius 3 is 2.41 bits per heavy atom. The standard InChI is InChI=1S/C26H23N3O3/c1-15-13-29(14-16(2)31-15)21-12-20(27-17-8-4-3-5-9-17)22-23-24(21)28-32-26(23)19-11-7-6-10-18(19)25(22)30/h3-12,15-16,27H,13-14H2,1-2H3. The van der Waals surface area contributed by atoms with E-state index < -0.39 is 0 Å². The molecule has 0 saturated carbocycles. The minimum Gasteiger partial charge on any atom is -0.372 e. The molecule has 1 aliphatic heterocycles. The summed E-state index contributed by atoms with van der Waals surface area (Å²) in [7, 11) is 0. The SMILES string of the molecule is CC1CN(c2cc(Nc3ccccc3)c3c4c(onc24)-c2ccccc2C3=O)CC(C)O1. The highest BCUT2D eigenvalue weighted by molar-refractivity contribution is 6.28. The zero-order valence-electron chi connectivity index (χ0n) is 18.0. The summed E-state index contributed by atoms with van der Waals surface area (Å²) in [5.74, 6) is 0.632. The Morgan fingerprint density at radius 1 is 0.969 bits per heavy atom. The molecule has 3 aromatic carbocycles. The Morgan fingerprint density at radius 2 is 1.66 bits per heavy atom. The van der Waals surface area contributed by atoms with E-state index in [9.17, 15) is 4.79 Å². The third-order valence-electron chi connectivity index (χ3n) is 6.19. The van der Waals surface area contributed by atoms with E-state index in [2.05, 4.69) is 29.2 Å². The monoisotopic (exact) mass is 425 g/mol. The van der Waals surface area contributed by atoms with Crippen LogP contribution in [0.3, 0.4) is 0 Å². The summed E-state index contributed by atoms with van der Waals surface area (Å²) in [4.78, 5) is 15.9. The van der Waals surface area contributed by atoms with Crippen LogP contribution in [0.4, 0.5) is 17.1 Å². The van der Waals surface area contributed by atoms with Gasteiger partial charge >= 0.3 is 0 Å². The number of hydrogen-bond acceptors (Lipinski definition) is 6. The van der Waals surface area contributed by atoms with E-state index in [4.69, 9.17) is 9.26 Å². The molecule has 2 unspecified atom stereocenters. The van der Waals surface area contributed by atoms with Gasteiger partial charge in [-0.25, -0.2) is 0 Å². The lowest BCUT2D eigenvalue weighted by Crippen LogP contribution is -2.45. The highest BCUT2D eigenvalue weighted by Crippen LogP contribution is 2.46. The molecule has 1 aliphatic carbocycles. The minimum absolute atomic E-state index is 0.0185. The lowest BCUT2D eigenvalue weighted by molar-refractivity contribution is -0.00515. The number of nitrogens with one attached hydrogen (secondary N) is 1. The van der Waals surface area contributed by atoms with Gasteiger partial charge in [-0.15, -0.1) is 0 Å². The van der Waals surface area contributed by atoms with Crippen LogP contribution in [0, 0.1) is 0 Å². The molecule has 0 amide bonds. The van der Waals surface area contributed by atoms with Gasteiger partial charge < -0.3 is 19.5 Å². The van der Waals surface area contributed by atoms with Crippen LogP contribution in [0.25, 0.3) is 22.2 Å². The molecule has 6 heteroatoms. The number of ether oxygens (including phenoxy) is 1. The number of rotatable bonds is 3. The maximum Gasteiger partial charge on any atom is 0.196 e. The van der Waals surface area contributed by atoms with Gasteiger partial charge in [-0.1, -0.05) is 47.6 Å². The van der Waals surface area contributed by atoms with Crippen molar-refractivity contribution in [2.75, 3.05) is 23.3 Å². The molecule has 160 valence electrons. The van der Waals surface area contributed by atoms with E-state index >= 15 is 0 Å². The number of para-hydroxylation sites is 1. The molecule has 2 heterocycles. The molecule has 2 aliphatic rings. The molecule has 2 atom stereocenters. The number of hydrogen-bond donors (Lipinski definition) is 1. The van der Waals surface area contributed by atoms with Crippen molar-refractivity contribution in [3.05, 3.63) is 71.8 Å². The number of anilines is 3. The number of benzene rings is 3. The zero-order valence-corrected chi connectivity index (χ0v) is 18.0. The van der Waals surface area contributed by atoms with Gasteiger partial charge in [-0.2, -0.15) is 0 Å².